The van der Waals surface area contributed by atoms with Crippen LogP contribution >= 0.6 is 0 Å². The van der Waals surface area contributed by atoms with Gasteiger partial charge in [0.05, 0.1) is 11.5 Å². The lowest BCUT2D eigenvalue weighted by atomic mass is 10.1. The molecule has 0 spiro atoms. The monoisotopic (exact) mass is 327 g/mol. The van der Waals surface area contributed by atoms with E-state index in [-0.39, 0.29) is 23.4 Å². The highest BCUT2D eigenvalue weighted by molar-refractivity contribution is 7.91. The minimum absolute atomic E-state index is 0.0754. The SMILES string of the molecule is CCNC(=NCCc1ccc(F)cc1)NC1CCS(=O)(=O)C1. The van der Waals surface area contributed by atoms with E-state index in [0.717, 1.165) is 5.56 Å². The van der Waals surface area contributed by atoms with Gasteiger partial charge < -0.3 is 10.6 Å². The molecule has 1 saturated heterocycles. The topological polar surface area (TPSA) is 70.6 Å². The van der Waals surface area contributed by atoms with Crippen molar-refractivity contribution in [3.8, 4) is 0 Å². The lowest BCUT2D eigenvalue weighted by Crippen LogP contribution is -2.44. The van der Waals surface area contributed by atoms with Crippen LogP contribution in [0.25, 0.3) is 0 Å². The third-order valence-corrected chi connectivity index (χ3v) is 5.27. The molecule has 1 unspecified atom stereocenters. The Hall–Kier alpha value is -1.63. The van der Waals surface area contributed by atoms with Crippen molar-refractivity contribution in [1.82, 2.24) is 10.6 Å². The number of aliphatic imine (C=N–C) groups is 1. The highest BCUT2D eigenvalue weighted by Gasteiger charge is 2.28. The number of nitrogens with zero attached hydrogens (tertiary/aromatic N) is 1. The molecule has 0 amide bonds. The van der Waals surface area contributed by atoms with Crippen LogP contribution in [-0.2, 0) is 16.3 Å². The summed E-state index contributed by atoms with van der Waals surface area (Å²) >= 11 is 0. The molecule has 0 aromatic heterocycles. The summed E-state index contributed by atoms with van der Waals surface area (Å²) in [5.41, 5.74) is 1.02. The Bertz CT molecular complexity index is 614. The molecule has 5 nitrogen and oxygen atoms in total. The van der Waals surface area contributed by atoms with Gasteiger partial charge in [0.2, 0.25) is 0 Å². The number of benzene rings is 1. The molecule has 0 saturated carbocycles. The molecule has 1 heterocycles. The van der Waals surface area contributed by atoms with Gasteiger partial charge >= 0.3 is 0 Å². The normalized spacial score (nSPS) is 20.8. The van der Waals surface area contributed by atoms with Crippen LogP contribution in [0.5, 0.6) is 0 Å². The van der Waals surface area contributed by atoms with E-state index in [1.807, 2.05) is 6.92 Å². The van der Waals surface area contributed by atoms with Crippen molar-refractivity contribution >= 4 is 15.8 Å². The number of hydrogen-bond donors (Lipinski definition) is 2. The number of rotatable bonds is 5. The molecule has 122 valence electrons. The Morgan fingerprint density at radius 3 is 2.68 bits per heavy atom. The summed E-state index contributed by atoms with van der Waals surface area (Å²) in [6.07, 6.45) is 1.32. The Balaban J connectivity index is 1.88. The molecule has 1 atom stereocenters. The summed E-state index contributed by atoms with van der Waals surface area (Å²) in [5.74, 6) is 0.783. The predicted molar refractivity (Wildman–Crippen MR) is 86.3 cm³/mol. The van der Waals surface area contributed by atoms with Gasteiger partial charge in [-0.15, -0.1) is 0 Å². The van der Waals surface area contributed by atoms with E-state index in [1.54, 1.807) is 12.1 Å². The Labute approximate surface area is 130 Å². The van der Waals surface area contributed by atoms with Crippen LogP contribution in [0, 0.1) is 5.82 Å². The highest BCUT2D eigenvalue weighted by atomic mass is 32.2. The molecular formula is C15H22FN3O2S. The fraction of sp³-hybridized carbons (Fsp3) is 0.533. The van der Waals surface area contributed by atoms with E-state index in [0.29, 0.717) is 31.9 Å². The maximum absolute atomic E-state index is 12.8. The molecule has 0 radical (unpaired) electrons. The number of hydrogen-bond acceptors (Lipinski definition) is 3. The third kappa shape index (κ3) is 5.29. The molecular weight excluding hydrogens is 305 g/mol. The van der Waals surface area contributed by atoms with Gasteiger partial charge in [0.25, 0.3) is 0 Å². The van der Waals surface area contributed by atoms with Crippen molar-refractivity contribution in [2.45, 2.75) is 25.8 Å². The van der Waals surface area contributed by atoms with Crippen molar-refractivity contribution < 1.29 is 12.8 Å². The summed E-state index contributed by atoms with van der Waals surface area (Å²) in [5, 5.41) is 6.28. The predicted octanol–water partition coefficient (Wildman–Crippen LogP) is 1.11. The van der Waals surface area contributed by atoms with Crippen LogP contribution in [0.1, 0.15) is 18.9 Å². The average molecular weight is 327 g/mol. The zero-order valence-corrected chi connectivity index (χ0v) is 13.5. The molecule has 1 aliphatic rings. The number of sulfone groups is 1. The molecule has 0 aliphatic carbocycles. The van der Waals surface area contributed by atoms with Gasteiger partial charge in [-0.2, -0.15) is 0 Å². The molecule has 1 fully saturated rings. The molecule has 1 aliphatic heterocycles. The Morgan fingerprint density at radius 1 is 1.36 bits per heavy atom. The van der Waals surface area contributed by atoms with Crippen LogP contribution in [0.4, 0.5) is 4.39 Å². The fourth-order valence-corrected chi connectivity index (χ4v) is 4.04. The third-order valence-electron chi connectivity index (χ3n) is 3.50. The summed E-state index contributed by atoms with van der Waals surface area (Å²) < 4.78 is 35.8. The van der Waals surface area contributed by atoms with E-state index in [9.17, 15) is 12.8 Å². The second kappa shape index (κ2) is 7.58. The van der Waals surface area contributed by atoms with Crippen molar-refractivity contribution in [2.75, 3.05) is 24.6 Å². The smallest absolute Gasteiger partial charge is 0.191 e. The first-order chi connectivity index (χ1) is 10.5. The van der Waals surface area contributed by atoms with Crippen molar-refractivity contribution in [2.24, 2.45) is 4.99 Å². The van der Waals surface area contributed by atoms with E-state index < -0.39 is 9.84 Å². The molecule has 2 rings (SSSR count). The van der Waals surface area contributed by atoms with Gasteiger partial charge in [0, 0.05) is 19.1 Å². The summed E-state index contributed by atoms with van der Waals surface area (Å²) in [4.78, 5) is 4.45. The summed E-state index contributed by atoms with van der Waals surface area (Å²) in [7, 11) is -2.90. The van der Waals surface area contributed by atoms with Gasteiger partial charge in [-0.25, -0.2) is 12.8 Å². The molecule has 22 heavy (non-hydrogen) atoms. The van der Waals surface area contributed by atoms with Crippen LogP contribution in [0.15, 0.2) is 29.3 Å². The summed E-state index contributed by atoms with van der Waals surface area (Å²) in [6.45, 7) is 3.23. The summed E-state index contributed by atoms with van der Waals surface area (Å²) in [6, 6.07) is 6.29. The lowest BCUT2D eigenvalue weighted by Gasteiger charge is -2.15. The van der Waals surface area contributed by atoms with Crippen LogP contribution in [0.2, 0.25) is 0 Å². The molecule has 1 aromatic carbocycles. The minimum atomic E-state index is -2.90. The van der Waals surface area contributed by atoms with Gasteiger partial charge in [-0.05, 0) is 37.5 Å². The fourth-order valence-electron chi connectivity index (χ4n) is 2.37. The molecule has 7 heteroatoms. The Kier molecular flexibility index (Phi) is 5.76. The van der Waals surface area contributed by atoms with Gasteiger partial charge in [-0.1, -0.05) is 12.1 Å². The van der Waals surface area contributed by atoms with E-state index in [2.05, 4.69) is 15.6 Å². The van der Waals surface area contributed by atoms with Gasteiger partial charge in [0.15, 0.2) is 15.8 Å². The first-order valence-corrected chi connectivity index (χ1v) is 9.30. The molecule has 0 bridgehead atoms. The van der Waals surface area contributed by atoms with Gasteiger partial charge in [-0.3, -0.25) is 4.99 Å². The second-order valence-electron chi connectivity index (χ2n) is 5.38. The first kappa shape index (κ1) is 16.7. The number of guanidine groups is 1. The van der Waals surface area contributed by atoms with Crippen LogP contribution in [-0.4, -0.2) is 45.0 Å². The van der Waals surface area contributed by atoms with Crippen molar-refractivity contribution in [1.29, 1.82) is 0 Å². The second-order valence-corrected chi connectivity index (χ2v) is 7.61. The van der Waals surface area contributed by atoms with Crippen molar-refractivity contribution in [3.63, 3.8) is 0 Å². The largest absolute Gasteiger partial charge is 0.357 e. The maximum atomic E-state index is 12.8. The minimum Gasteiger partial charge on any atom is -0.357 e. The van der Waals surface area contributed by atoms with E-state index in [4.69, 9.17) is 0 Å². The van der Waals surface area contributed by atoms with E-state index in [1.165, 1.54) is 12.1 Å². The zero-order valence-electron chi connectivity index (χ0n) is 12.7. The molecule has 2 N–H and O–H groups in total. The standard InChI is InChI=1S/C15H22FN3O2S/c1-2-17-15(19-14-8-10-22(20,21)11-14)18-9-7-12-3-5-13(16)6-4-12/h3-6,14H,2,7-11H2,1H3,(H2,17,18,19). The Morgan fingerprint density at radius 2 is 2.09 bits per heavy atom. The first-order valence-electron chi connectivity index (χ1n) is 7.48. The zero-order chi connectivity index (χ0) is 16.0. The highest BCUT2D eigenvalue weighted by Crippen LogP contribution is 2.11. The average Bonchev–Trinajstić information content (AvgIpc) is 2.80. The maximum Gasteiger partial charge on any atom is 0.191 e. The van der Waals surface area contributed by atoms with E-state index >= 15 is 0 Å². The molecule has 1 aromatic rings. The number of halogens is 1. The number of nitrogens with one attached hydrogen (secondary N) is 2. The van der Waals surface area contributed by atoms with Crippen LogP contribution < -0.4 is 10.6 Å². The quantitative estimate of drug-likeness (QED) is 0.628. The lowest BCUT2D eigenvalue weighted by molar-refractivity contribution is 0.599. The van der Waals surface area contributed by atoms with Crippen LogP contribution in [0.3, 0.4) is 0 Å². The van der Waals surface area contributed by atoms with Crippen molar-refractivity contribution in [3.05, 3.63) is 35.6 Å². The van der Waals surface area contributed by atoms with Gasteiger partial charge in [0.1, 0.15) is 5.82 Å².